The van der Waals surface area contributed by atoms with Gasteiger partial charge in [-0.05, 0) is 57.5 Å². The zero-order valence-electron chi connectivity index (χ0n) is 11.6. The molecule has 0 aromatic carbocycles. The lowest BCUT2D eigenvalue weighted by atomic mass is 9.96. The first-order chi connectivity index (χ1) is 8.81. The van der Waals surface area contributed by atoms with Crippen molar-refractivity contribution in [3.8, 4) is 0 Å². The van der Waals surface area contributed by atoms with Gasteiger partial charge in [0.15, 0.2) is 0 Å². The lowest BCUT2D eigenvalue weighted by Crippen LogP contribution is -2.50. The van der Waals surface area contributed by atoms with Crippen LogP contribution < -0.4 is 5.32 Å². The molecule has 0 spiro atoms. The van der Waals surface area contributed by atoms with E-state index in [-0.39, 0.29) is 0 Å². The Hall–Kier alpha value is -0.930. The largest absolute Gasteiger partial charge is 0.316 e. The molecule has 0 radical (unpaired) electrons. The molecule has 2 rings (SSSR count). The summed E-state index contributed by atoms with van der Waals surface area (Å²) in [5.74, 6) is 0. The molecule has 18 heavy (non-hydrogen) atoms. The van der Waals surface area contributed by atoms with E-state index in [1.165, 1.54) is 37.9 Å². The van der Waals surface area contributed by atoms with Crippen molar-refractivity contribution in [2.24, 2.45) is 0 Å². The number of nitrogens with one attached hydrogen (secondary N) is 1. The van der Waals surface area contributed by atoms with Gasteiger partial charge in [-0.3, -0.25) is 9.88 Å². The highest BCUT2D eigenvalue weighted by molar-refractivity contribution is 5.10. The minimum absolute atomic E-state index is 0.586. The lowest BCUT2D eigenvalue weighted by molar-refractivity contribution is 0.123. The summed E-state index contributed by atoms with van der Waals surface area (Å²) in [7, 11) is 2.07. The van der Waals surface area contributed by atoms with Crippen LogP contribution in [0.15, 0.2) is 24.5 Å². The highest BCUT2D eigenvalue weighted by atomic mass is 15.2. The molecule has 0 saturated carbocycles. The van der Waals surface area contributed by atoms with Gasteiger partial charge in [0.2, 0.25) is 0 Å². The van der Waals surface area contributed by atoms with Crippen molar-refractivity contribution in [3.05, 3.63) is 30.1 Å². The molecule has 0 amide bonds. The second-order valence-corrected chi connectivity index (χ2v) is 5.28. The topological polar surface area (TPSA) is 28.2 Å². The molecular weight excluding hydrogens is 222 g/mol. The highest BCUT2D eigenvalue weighted by Crippen LogP contribution is 2.20. The first kappa shape index (κ1) is 13.5. The molecule has 1 N–H and O–H groups in total. The zero-order valence-corrected chi connectivity index (χ0v) is 11.6. The van der Waals surface area contributed by atoms with E-state index in [1.54, 1.807) is 0 Å². The molecule has 1 aromatic heterocycles. The summed E-state index contributed by atoms with van der Waals surface area (Å²) in [6.07, 6.45) is 8.97. The van der Waals surface area contributed by atoms with Gasteiger partial charge in [0, 0.05) is 31.0 Å². The average molecular weight is 247 g/mol. The summed E-state index contributed by atoms with van der Waals surface area (Å²) in [5.41, 5.74) is 1.39. The monoisotopic (exact) mass is 247 g/mol. The predicted molar refractivity (Wildman–Crippen MR) is 75.7 cm³/mol. The number of likely N-dealkylation sites (tertiary alicyclic amines) is 1. The summed E-state index contributed by atoms with van der Waals surface area (Å²) in [4.78, 5) is 6.73. The fraction of sp³-hybridized carbons (Fsp3) is 0.667. The van der Waals surface area contributed by atoms with Gasteiger partial charge >= 0.3 is 0 Å². The van der Waals surface area contributed by atoms with Gasteiger partial charge in [-0.25, -0.2) is 0 Å². The number of aromatic nitrogens is 1. The van der Waals surface area contributed by atoms with Crippen LogP contribution in [-0.4, -0.2) is 42.1 Å². The molecule has 1 aromatic rings. The molecule has 3 nitrogen and oxygen atoms in total. The van der Waals surface area contributed by atoms with Crippen molar-refractivity contribution in [1.29, 1.82) is 0 Å². The SMILES string of the molecule is CNC(C)C1CCCCN1CCc1ccncc1. The van der Waals surface area contributed by atoms with Crippen molar-refractivity contribution < 1.29 is 0 Å². The summed E-state index contributed by atoms with van der Waals surface area (Å²) in [6.45, 7) is 4.72. The van der Waals surface area contributed by atoms with E-state index in [4.69, 9.17) is 0 Å². The van der Waals surface area contributed by atoms with Crippen LogP contribution in [0.4, 0.5) is 0 Å². The number of nitrogens with zero attached hydrogens (tertiary/aromatic N) is 2. The molecule has 2 heterocycles. The van der Waals surface area contributed by atoms with E-state index in [9.17, 15) is 0 Å². The highest BCUT2D eigenvalue weighted by Gasteiger charge is 2.25. The van der Waals surface area contributed by atoms with E-state index in [1.807, 2.05) is 12.4 Å². The minimum atomic E-state index is 0.586. The Balaban J connectivity index is 1.89. The van der Waals surface area contributed by atoms with Crippen LogP contribution in [0.5, 0.6) is 0 Å². The molecule has 1 fully saturated rings. The first-order valence-electron chi connectivity index (χ1n) is 7.11. The Labute approximate surface area is 111 Å². The van der Waals surface area contributed by atoms with Crippen LogP contribution in [0.3, 0.4) is 0 Å². The minimum Gasteiger partial charge on any atom is -0.316 e. The third-order valence-electron chi connectivity index (χ3n) is 4.13. The maximum Gasteiger partial charge on any atom is 0.0270 e. The fourth-order valence-corrected chi connectivity index (χ4v) is 2.88. The van der Waals surface area contributed by atoms with Crippen molar-refractivity contribution in [2.75, 3.05) is 20.1 Å². The second-order valence-electron chi connectivity index (χ2n) is 5.28. The normalized spacial score (nSPS) is 22.9. The number of hydrogen-bond acceptors (Lipinski definition) is 3. The summed E-state index contributed by atoms with van der Waals surface area (Å²) in [5, 5.41) is 3.41. The molecular formula is C15H25N3. The number of piperidine rings is 1. The van der Waals surface area contributed by atoms with Crippen molar-refractivity contribution >= 4 is 0 Å². The predicted octanol–water partition coefficient (Wildman–Crippen LogP) is 2.09. The smallest absolute Gasteiger partial charge is 0.0270 e. The molecule has 100 valence electrons. The second kappa shape index (κ2) is 6.86. The van der Waals surface area contributed by atoms with Crippen molar-refractivity contribution in [1.82, 2.24) is 15.2 Å². The van der Waals surface area contributed by atoms with E-state index >= 15 is 0 Å². The Morgan fingerprint density at radius 1 is 1.39 bits per heavy atom. The molecule has 2 atom stereocenters. The molecule has 0 aliphatic carbocycles. The Bertz CT molecular complexity index is 339. The summed E-state index contributed by atoms with van der Waals surface area (Å²) < 4.78 is 0. The number of rotatable bonds is 5. The van der Waals surface area contributed by atoms with Gasteiger partial charge in [-0.15, -0.1) is 0 Å². The zero-order chi connectivity index (χ0) is 12.8. The van der Waals surface area contributed by atoms with Crippen LogP contribution >= 0.6 is 0 Å². The number of pyridine rings is 1. The van der Waals surface area contributed by atoms with Crippen LogP contribution in [0.1, 0.15) is 31.7 Å². The molecule has 1 aliphatic heterocycles. The molecule has 0 bridgehead atoms. The average Bonchev–Trinajstić information content (AvgIpc) is 2.45. The third kappa shape index (κ3) is 3.53. The molecule has 1 saturated heterocycles. The molecule has 3 heteroatoms. The van der Waals surface area contributed by atoms with Crippen LogP contribution in [0.2, 0.25) is 0 Å². The van der Waals surface area contributed by atoms with E-state index in [0.717, 1.165) is 6.42 Å². The quantitative estimate of drug-likeness (QED) is 0.863. The van der Waals surface area contributed by atoms with E-state index < -0.39 is 0 Å². The van der Waals surface area contributed by atoms with Crippen LogP contribution in [0, 0.1) is 0 Å². The Morgan fingerprint density at radius 2 is 2.17 bits per heavy atom. The Morgan fingerprint density at radius 3 is 2.89 bits per heavy atom. The standard InChI is InChI=1S/C15H25N3/c1-13(16-2)15-5-3-4-11-18(15)12-8-14-6-9-17-10-7-14/h6-7,9-10,13,15-16H,3-5,8,11-12H2,1-2H3. The molecule has 2 unspecified atom stereocenters. The van der Waals surface area contributed by atoms with Gasteiger partial charge in [0.25, 0.3) is 0 Å². The summed E-state index contributed by atoms with van der Waals surface area (Å²) in [6, 6.07) is 5.54. The maximum absolute atomic E-state index is 4.07. The van der Waals surface area contributed by atoms with Crippen LogP contribution in [0.25, 0.3) is 0 Å². The molecule has 1 aliphatic rings. The lowest BCUT2D eigenvalue weighted by Gasteiger charge is -2.39. The van der Waals surface area contributed by atoms with Gasteiger partial charge in [-0.1, -0.05) is 6.42 Å². The van der Waals surface area contributed by atoms with Gasteiger partial charge in [0.05, 0.1) is 0 Å². The van der Waals surface area contributed by atoms with Gasteiger partial charge < -0.3 is 5.32 Å². The number of hydrogen-bond donors (Lipinski definition) is 1. The van der Waals surface area contributed by atoms with Gasteiger partial charge in [-0.2, -0.15) is 0 Å². The van der Waals surface area contributed by atoms with Gasteiger partial charge in [0.1, 0.15) is 0 Å². The first-order valence-corrected chi connectivity index (χ1v) is 7.11. The summed E-state index contributed by atoms with van der Waals surface area (Å²) >= 11 is 0. The van der Waals surface area contributed by atoms with Crippen LogP contribution in [-0.2, 0) is 6.42 Å². The van der Waals surface area contributed by atoms with Crippen molar-refractivity contribution in [2.45, 2.75) is 44.7 Å². The van der Waals surface area contributed by atoms with E-state index in [0.29, 0.717) is 12.1 Å². The van der Waals surface area contributed by atoms with E-state index in [2.05, 4.69) is 41.3 Å². The van der Waals surface area contributed by atoms with Crippen molar-refractivity contribution in [3.63, 3.8) is 0 Å². The third-order valence-corrected chi connectivity index (χ3v) is 4.13. The fourth-order valence-electron chi connectivity index (χ4n) is 2.88. The Kier molecular flexibility index (Phi) is 5.14. The maximum atomic E-state index is 4.07. The number of likely N-dealkylation sites (N-methyl/N-ethyl adjacent to an activating group) is 1.